The molecular weight excluding hydrogens is 340 g/mol. The molecular formula is C18H15ClN4O2. The van der Waals surface area contributed by atoms with E-state index in [9.17, 15) is 9.59 Å². The Morgan fingerprint density at radius 1 is 1.32 bits per heavy atom. The molecule has 1 unspecified atom stereocenters. The number of aryl methyl sites for hydroxylation is 1. The normalized spacial score (nSPS) is 15.9. The number of hydrogen-bond donors (Lipinski definition) is 2. The van der Waals surface area contributed by atoms with Crippen molar-refractivity contribution in [2.45, 2.75) is 19.4 Å². The van der Waals surface area contributed by atoms with E-state index in [0.717, 1.165) is 16.6 Å². The lowest BCUT2D eigenvalue weighted by Gasteiger charge is -2.13. The second-order valence-electron chi connectivity index (χ2n) is 6.01. The van der Waals surface area contributed by atoms with E-state index in [4.69, 9.17) is 11.6 Å². The third kappa shape index (κ3) is 2.74. The van der Waals surface area contributed by atoms with E-state index < -0.39 is 6.04 Å². The van der Waals surface area contributed by atoms with Crippen LogP contribution < -0.4 is 10.6 Å². The van der Waals surface area contributed by atoms with E-state index in [2.05, 4.69) is 15.6 Å². The molecule has 0 aliphatic carbocycles. The van der Waals surface area contributed by atoms with Crippen molar-refractivity contribution in [2.24, 2.45) is 0 Å². The minimum Gasteiger partial charge on any atom is -0.326 e. The van der Waals surface area contributed by atoms with Crippen LogP contribution in [0.5, 0.6) is 0 Å². The Kier molecular flexibility index (Phi) is 3.69. The van der Waals surface area contributed by atoms with Gasteiger partial charge in [-0.25, -0.2) is 4.98 Å². The van der Waals surface area contributed by atoms with Crippen molar-refractivity contribution < 1.29 is 9.59 Å². The highest BCUT2D eigenvalue weighted by Gasteiger charge is 2.34. The molecule has 7 heteroatoms. The van der Waals surface area contributed by atoms with Crippen LogP contribution in [0.4, 0.5) is 11.6 Å². The van der Waals surface area contributed by atoms with Crippen LogP contribution in [0.25, 0.3) is 11.0 Å². The molecule has 2 heterocycles. The molecule has 2 amide bonds. The number of para-hydroxylation sites is 2. The minimum atomic E-state index is -0.623. The van der Waals surface area contributed by atoms with Gasteiger partial charge in [0.05, 0.1) is 17.5 Å². The van der Waals surface area contributed by atoms with Crippen LogP contribution in [0, 0.1) is 6.92 Å². The number of rotatable bonds is 3. The summed E-state index contributed by atoms with van der Waals surface area (Å²) >= 11 is 5.98. The van der Waals surface area contributed by atoms with Gasteiger partial charge in [-0.1, -0.05) is 29.8 Å². The molecule has 1 aliphatic rings. The first kappa shape index (κ1) is 15.7. The fourth-order valence-corrected chi connectivity index (χ4v) is 3.22. The molecule has 4 rings (SSSR count). The molecule has 25 heavy (non-hydrogen) atoms. The molecule has 0 radical (unpaired) electrons. The number of benzene rings is 2. The molecule has 0 spiro atoms. The van der Waals surface area contributed by atoms with Gasteiger partial charge in [0.2, 0.25) is 17.8 Å². The second kappa shape index (κ2) is 5.89. The maximum Gasteiger partial charge on any atom is 0.250 e. The molecule has 3 aromatic rings. The Labute approximate surface area is 148 Å². The van der Waals surface area contributed by atoms with Gasteiger partial charge in [-0.15, -0.1) is 0 Å². The fraction of sp³-hybridized carbons (Fsp3) is 0.167. The largest absolute Gasteiger partial charge is 0.326 e. The predicted octanol–water partition coefficient (Wildman–Crippen LogP) is 3.52. The van der Waals surface area contributed by atoms with Crippen molar-refractivity contribution in [2.75, 3.05) is 10.6 Å². The summed E-state index contributed by atoms with van der Waals surface area (Å²) in [5.41, 5.74) is 3.16. The molecule has 0 saturated heterocycles. The van der Waals surface area contributed by atoms with Crippen LogP contribution in [0.15, 0.2) is 42.5 Å². The molecule has 1 aromatic heterocycles. The first-order valence-electron chi connectivity index (χ1n) is 7.87. The van der Waals surface area contributed by atoms with Gasteiger partial charge in [0, 0.05) is 10.7 Å². The number of imidazole rings is 1. The Bertz CT molecular complexity index is 1010. The summed E-state index contributed by atoms with van der Waals surface area (Å²) in [6, 6.07) is 12.2. The number of carbonyl (C=O) groups excluding carboxylic acids is 2. The monoisotopic (exact) mass is 354 g/mol. The summed E-state index contributed by atoms with van der Waals surface area (Å²) in [4.78, 5) is 29.1. The van der Waals surface area contributed by atoms with Crippen molar-refractivity contribution >= 4 is 46.1 Å². The van der Waals surface area contributed by atoms with Crippen LogP contribution in [0.1, 0.15) is 18.0 Å². The molecule has 1 atom stereocenters. The lowest BCUT2D eigenvalue weighted by atomic mass is 10.1. The smallest absolute Gasteiger partial charge is 0.250 e. The highest BCUT2D eigenvalue weighted by atomic mass is 35.5. The zero-order chi connectivity index (χ0) is 17.6. The maximum absolute atomic E-state index is 12.5. The molecule has 2 aromatic carbocycles. The third-order valence-corrected chi connectivity index (χ3v) is 4.53. The Balaban J connectivity index is 1.60. The van der Waals surface area contributed by atoms with Gasteiger partial charge < -0.3 is 5.32 Å². The summed E-state index contributed by atoms with van der Waals surface area (Å²) < 4.78 is 1.78. The number of nitrogens with zero attached hydrogens (tertiary/aromatic N) is 2. The maximum atomic E-state index is 12.5. The number of amides is 2. The van der Waals surface area contributed by atoms with Crippen molar-refractivity contribution in [3.63, 3.8) is 0 Å². The van der Waals surface area contributed by atoms with Crippen LogP contribution in [-0.4, -0.2) is 21.4 Å². The van der Waals surface area contributed by atoms with Gasteiger partial charge in [-0.05, 0) is 36.8 Å². The van der Waals surface area contributed by atoms with E-state index in [1.807, 2.05) is 37.3 Å². The van der Waals surface area contributed by atoms with Gasteiger partial charge in [-0.2, -0.15) is 0 Å². The highest BCUT2D eigenvalue weighted by molar-refractivity contribution is 6.31. The van der Waals surface area contributed by atoms with Crippen molar-refractivity contribution in [3.8, 4) is 0 Å². The minimum absolute atomic E-state index is 0.0190. The van der Waals surface area contributed by atoms with Gasteiger partial charge >= 0.3 is 0 Å². The first-order chi connectivity index (χ1) is 12.0. The topological polar surface area (TPSA) is 76.0 Å². The fourth-order valence-electron chi connectivity index (χ4n) is 3.05. The Morgan fingerprint density at radius 2 is 2.12 bits per heavy atom. The van der Waals surface area contributed by atoms with E-state index in [-0.39, 0.29) is 18.2 Å². The zero-order valence-corrected chi connectivity index (χ0v) is 14.2. The third-order valence-electron chi connectivity index (χ3n) is 4.30. The first-order valence-corrected chi connectivity index (χ1v) is 8.24. The molecule has 0 saturated carbocycles. The van der Waals surface area contributed by atoms with Crippen LogP contribution in [-0.2, 0) is 9.59 Å². The number of anilines is 2. The summed E-state index contributed by atoms with van der Waals surface area (Å²) in [6.45, 7) is 1.88. The molecule has 1 aliphatic heterocycles. The average molecular weight is 355 g/mol. The standard InChI is InChI=1S/C18H15ClN4O2/c1-10-6-7-11(19)8-13(10)20-16(24)9-15-17(25)22-18-21-12-4-2-3-5-14(12)23(15)18/h2-8,15H,9H2,1H3,(H,20,24)(H,21,22,25). The SMILES string of the molecule is Cc1ccc(Cl)cc1NC(=O)CC1C(=O)Nc2nc3ccccc3n21. The lowest BCUT2D eigenvalue weighted by molar-refractivity contribution is -0.123. The highest BCUT2D eigenvalue weighted by Crippen LogP contribution is 2.32. The van der Waals surface area contributed by atoms with E-state index in [0.29, 0.717) is 16.7 Å². The van der Waals surface area contributed by atoms with Gasteiger partial charge in [-0.3, -0.25) is 19.5 Å². The van der Waals surface area contributed by atoms with Gasteiger partial charge in [0.15, 0.2) is 0 Å². The number of carbonyl (C=O) groups is 2. The van der Waals surface area contributed by atoms with Crippen LogP contribution in [0.2, 0.25) is 5.02 Å². The second-order valence-corrected chi connectivity index (χ2v) is 6.45. The van der Waals surface area contributed by atoms with Gasteiger partial charge in [0.25, 0.3) is 0 Å². The van der Waals surface area contributed by atoms with Crippen molar-refractivity contribution in [1.29, 1.82) is 0 Å². The quantitative estimate of drug-likeness (QED) is 0.755. The molecule has 0 bridgehead atoms. The molecule has 6 nitrogen and oxygen atoms in total. The predicted molar refractivity (Wildman–Crippen MR) is 96.8 cm³/mol. The van der Waals surface area contributed by atoms with Gasteiger partial charge in [0.1, 0.15) is 6.04 Å². The Morgan fingerprint density at radius 3 is 2.96 bits per heavy atom. The van der Waals surface area contributed by atoms with Crippen LogP contribution >= 0.6 is 11.6 Å². The molecule has 2 N–H and O–H groups in total. The number of nitrogens with one attached hydrogen (secondary N) is 2. The Hall–Kier alpha value is -2.86. The summed E-state index contributed by atoms with van der Waals surface area (Å²) in [5, 5.41) is 6.11. The van der Waals surface area contributed by atoms with E-state index in [1.165, 1.54) is 0 Å². The van der Waals surface area contributed by atoms with Crippen molar-refractivity contribution in [3.05, 3.63) is 53.1 Å². The van der Waals surface area contributed by atoms with E-state index in [1.54, 1.807) is 16.7 Å². The zero-order valence-electron chi connectivity index (χ0n) is 13.4. The molecule has 0 fully saturated rings. The summed E-state index contributed by atoms with van der Waals surface area (Å²) in [6.07, 6.45) is 0.0190. The van der Waals surface area contributed by atoms with E-state index >= 15 is 0 Å². The summed E-state index contributed by atoms with van der Waals surface area (Å²) in [7, 11) is 0. The van der Waals surface area contributed by atoms with Crippen LogP contribution in [0.3, 0.4) is 0 Å². The molecule has 126 valence electrons. The summed E-state index contributed by atoms with van der Waals surface area (Å²) in [5.74, 6) is -0.00898. The number of fused-ring (bicyclic) bond motifs is 3. The number of hydrogen-bond acceptors (Lipinski definition) is 3. The number of aromatic nitrogens is 2. The number of halogens is 1. The van der Waals surface area contributed by atoms with Crippen molar-refractivity contribution in [1.82, 2.24) is 9.55 Å². The lowest BCUT2D eigenvalue weighted by Crippen LogP contribution is -2.23. The average Bonchev–Trinajstić information content (AvgIpc) is 3.07.